The largest absolute Gasteiger partial charge is 0.350 e. The summed E-state index contributed by atoms with van der Waals surface area (Å²) in [5, 5.41) is 4.41. The summed E-state index contributed by atoms with van der Waals surface area (Å²) in [7, 11) is 0. The first kappa shape index (κ1) is 16.8. The molecule has 0 radical (unpaired) electrons. The highest BCUT2D eigenvalue weighted by atomic mass is 35.5. The molecule has 0 aliphatic rings. The summed E-state index contributed by atoms with van der Waals surface area (Å²) in [5.74, 6) is -0.0782. The van der Waals surface area contributed by atoms with Crippen molar-refractivity contribution in [1.29, 1.82) is 0 Å². The van der Waals surface area contributed by atoms with E-state index in [4.69, 9.17) is 11.6 Å². The molecule has 1 unspecified atom stereocenters. The number of nitrogens with zero attached hydrogens (tertiary/aromatic N) is 1. The number of benzene rings is 1. The molecule has 1 aromatic carbocycles. The molecule has 5 heteroatoms. The van der Waals surface area contributed by atoms with Crippen LogP contribution in [0.2, 0.25) is 5.02 Å². The average molecular weight is 335 g/mol. The van der Waals surface area contributed by atoms with Gasteiger partial charge in [-0.05, 0) is 49.7 Å². The third kappa shape index (κ3) is 4.75. The fourth-order valence-corrected chi connectivity index (χ4v) is 3.07. The number of hydrogen-bond donors (Lipinski definition) is 1. The lowest BCUT2D eigenvalue weighted by atomic mass is 10.2. The fourth-order valence-electron chi connectivity index (χ4n) is 2.07. The molecule has 1 amide bonds. The van der Waals surface area contributed by atoms with Crippen LogP contribution in [-0.4, -0.2) is 16.9 Å². The number of hydrogen-bond acceptors (Lipinski definition) is 3. The van der Waals surface area contributed by atoms with Crippen LogP contribution >= 0.6 is 23.4 Å². The molecule has 0 spiro atoms. The van der Waals surface area contributed by atoms with Crippen molar-refractivity contribution in [3.8, 4) is 0 Å². The maximum absolute atomic E-state index is 12.4. The van der Waals surface area contributed by atoms with Crippen LogP contribution in [0.15, 0.2) is 52.5 Å². The molecule has 1 N–H and O–H groups in total. The van der Waals surface area contributed by atoms with Crippen LogP contribution in [0.3, 0.4) is 0 Å². The van der Waals surface area contributed by atoms with E-state index in [9.17, 15) is 4.79 Å². The van der Waals surface area contributed by atoms with Crippen LogP contribution in [-0.2, 0) is 0 Å². The Bertz CT molecular complexity index is 631. The van der Waals surface area contributed by atoms with Crippen molar-refractivity contribution in [1.82, 2.24) is 10.3 Å². The van der Waals surface area contributed by atoms with Crippen molar-refractivity contribution in [2.45, 2.75) is 42.7 Å². The summed E-state index contributed by atoms with van der Waals surface area (Å²) in [5.41, 5.74) is 0.602. The second kappa shape index (κ2) is 8.20. The van der Waals surface area contributed by atoms with Crippen molar-refractivity contribution in [2.24, 2.45) is 0 Å². The van der Waals surface area contributed by atoms with Gasteiger partial charge in [-0.1, -0.05) is 36.7 Å². The topological polar surface area (TPSA) is 42.0 Å². The number of carbonyl (C=O) groups excluding carboxylic acids is 1. The Balaban J connectivity index is 2.15. The van der Waals surface area contributed by atoms with Crippen LogP contribution < -0.4 is 5.32 Å². The molecule has 2 rings (SSSR count). The summed E-state index contributed by atoms with van der Waals surface area (Å²) >= 11 is 7.36. The van der Waals surface area contributed by atoms with E-state index in [1.807, 2.05) is 31.2 Å². The van der Waals surface area contributed by atoms with Gasteiger partial charge in [0.1, 0.15) is 5.03 Å². The van der Waals surface area contributed by atoms with E-state index in [2.05, 4.69) is 17.2 Å². The highest BCUT2D eigenvalue weighted by molar-refractivity contribution is 7.99. The predicted octanol–water partition coefficient (Wildman–Crippen LogP) is 4.80. The van der Waals surface area contributed by atoms with E-state index in [1.54, 1.807) is 18.3 Å². The van der Waals surface area contributed by atoms with Gasteiger partial charge in [0.25, 0.3) is 5.91 Å². The Morgan fingerprint density at radius 3 is 2.73 bits per heavy atom. The van der Waals surface area contributed by atoms with Gasteiger partial charge < -0.3 is 5.32 Å². The second-order valence-corrected chi connectivity index (χ2v) is 6.57. The van der Waals surface area contributed by atoms with E-state index >= 15 is 0 Å². The first-order valence-electron chi connectivity index (χ1n) is 7.29. The molecule has 0 aliphatic carbocycles. The minimum atomic E-state index is -0.0782. The lowest BCUT2D eigenvalue weighted by Gasteiger charge is -2.14. The molecule has 1 heterocycles. The minimum absolute atomic E-state index is 0.0782. The molecule has 0 saturated carbocycles. The minimum Gasteiger partial charge on any atom is -0.350 e. The SMILES string of the molecule is CCCC(C)NC(=O)c1cccnc1Sc1ccc(Cl)cc1. The number of pyridine rings is 1. The van der Waals surface area contributed by atoms with Crippen LogP contribution in [0.5, 0.6) is 0 Å². The van der Waals surface area contributed by atoms with Crippen molar-refractivity contribution in [3.63, 3.8) is 0 Å². The fraction of sp³-hybridized carbons (Fsp3) is 0.294. The summed E-state index contributed by atoms with van der Waals surface area (Å²) in [6.45, 7) is 4.12. The van der Waals surface area contributed by atoms with Crippen LogP contribution in [0.1, 0.15) is 37.0 Å². The molecule has 116 valence electrons. The van der Waals surface area contributed by atoms with Crippen LogP contribution in [0, 0.1) is 0 Å². The molecular weight excluding hydrogens is 316 g/mol. The average Bonchev–Trinajstić information content (AvgIpc) is 2.50. The first-order valence-corrected chi connectivity index (χ1v) is 8.49. The quantitative estimate of drug-likeness (QED) is 0.824. The lowest BCUT2D eigenvalue weighted by molar-refractivity contribution is 0.0934. The van der Waals surface area contributed by atoms with Gasteiger partial charge in [-0.25, -0.2) is 4.98 Å². The Morgan fingerprint density at radius 1 is 1.32 bits per heavy atom. The van der Waals surface area contributed by atoms with Crippen molar-refractivity contribution < 1.29 is 4.79 Å². The van der Waals surface area contributed by atoms with E-state index in [1.165, 1.54) is 11.8 Å². The van der Waals surface area contributed by atoms with Crippen molar-refractivity contribution in [2.75, 3.05) is 0 Å². The summed E-state index contributed by atoms with van der Waals surface area (Å²) in [4.78, 5) is 17.7. The summed E-state index contributed by atoms with van der Waals surface area (Å²) in [6.07, 6.45) is 3.71. The van der Waals surface area contributed by atoms with Crippen LogP contribution in [0.25, 0.3) is 0 Å². The Kier molecular flexibility index (Phi) is 6.28. The second-order valence-electron chi connectivity index (χ2n) is 5.08. The predicted molar refractivity (Wildman–Crippen MR) is 91.6 cm³/mol. The number of rotatable bonds is 6. The zero-order valence-electron chi connectivity index (χ0n) is 12.7. The van der Waals surface area contributed by atoms with Crippen molar-refractivity contribution >= 4 is 29.3 Å². The highest BCUT2D eigenvalue weighted by Crippen LogP contribution is 2.29. The van der Waals surface area contributed by atoms with E-state index in [0.29, 0.717) is 15.6 Å². The van der Waals surface area contributed by atoms with Crippen molar-refractivity contribution in [3.05, 3.63) is 53.2 Å². The molecule has 0 bridgehead atoms. The molecule has 0 aliphatic heterocycles. The molecule has 1 aromatic heterocycles. The molecule has 22 heavy (non-hydrogen) atoms. The Labute approximate surface area is 140 Å². The smallest absolute Gasteiger partial charge is 0.254 e. The number of nitrogens with one attached hydrogen (secondary N) is 1. The molecular formula is C17H19ClN2OS. The summed E-state index contributed by atoms with van der Waals surface area (Å²) in [6, 6.07) is 11.2. The Hall–Kier alpha value is -1.52. The molecule has 1 atom stereocenters. The molecule has 3 nitrogen and oxygen atoms in total. The number of halogens is 1. The van der Waals surface area contributed by atoms with E-state index < -0.39 is 0 Å². The van der Waals surface area contributed by atoms with Gasteiger partial charge in [0.05, 0.1) is 5.56 Å². The maximum Gasteiger partial charge on any atom is 0.254 e. The monoisotopic (exact) mass is 334 g/mol. The molecule has 0 saturated heterocycles. The van der Waals surface area contributed by atoms with Crippen LogP contribution in [0.4, 0.5) is 0 Å². The van der Waals surface area contributed by atoms with Gasteiger partial charge in [0, 0.05) is 22.2 Å². The van der Waals surface area contributed by atoms with E-state index in [-0.39, 0.29) is 11.9 Å². The van der Waals surface area contributed by atoms with Gasteiger partial charge >= 0.3 is 0 Å². The Morgan fingerprint density at radius 2 is 2.05 bits per heavy atom. The lowest BCUT2D eigenvalue weighted by Crippen LogP contribution is -2.32. The number of carbonyl (C=O) groups is 1. The standard InChI is InChI=1S/C17H19ClN2OS/c1-3-5-12(2)20-16(21)15-6-4-11-19-17(15)22-14-9-7-13(18)8-10-14/h4,6-12H,3,5H2,1-2H3,(H,20,21). The first-order chi connectivity index (χ1) is 10.6. The van der Waals surface area contributed by atoms with Gasteiger partial charge in [-0.15, -0.1) is 0 Å². The zero-order valence-corrected chi connectivity index (χ0v) is 14.2. The van der Waals surface area contributed by atoms with Gasteiger partial charge in [-0.3, -0.25) is 4.79 Å². The highest BCUT2D eigenvalue weighted by Gasteiger charge is 2.15. The summed E-state index contributed by atoms with van der Waals surface area (Å²) < 4.78 is 0. The zero-order chi connectivity index (χ0) is 15.9. The third-order valence-electron chi connectivity index (χ3n) is 3.14. The maximum atomic E-state index is 12.4. The molecule has 2 aromatic rings. The number of amides is 1. The van der Waals surface area contributed by atoms with E-state index in [0.717, 1.165) is 17.7 Å². The normalized spacial score (nSPS) is 12.0. The van der Waals surface area contributed by atoms with Gasteiger partial charge in [0.15, 0.2) is 0 Å². The third-order valence-corrected chi connectivity index (χ3v) is 4.42. The van der Waals surface area contributed by atoms with Gasteiger partial charge in [0.2, 0.25) is 0 Å². The van der Waals surface area contributed by atoms with Gasteiger partial charge in [-0.2, -0.15) is 0 Å². The number of aromatic nitrogens is 1. The molecule has 0 fully saturated rings.